The number of rotatable bonds is 1. The van der Waals surface area contributed by atoms with Crippen LogP contribution in [0.4, 0.5) is 13.2 Å². The average Bonchev–Trinajstić information content (AvgIpc) is 3.23. The van der Waals surface area contributed by atoms with Crippen LogP contribution < -0.4 is 0 Å². The van der Waals surface area contributed by atoms with Crippen LogP contribution in [0.1, 0.15) is 46.7 Å². The molecule has 1 spiro atoms. The number of Topliss-reactive ketones (excluding diaryl/α,β-unsaturated/α-hetero) is 1. The second kappa shape index (κ2) is 6.78. The van der Waals surface area contributed by atoms with Crippen molar-refractivity contribution in [3.63, 3.8) is 0 Å². The lowest BCUT2D eigenvalue weighted by atomic mass is 9.75. The van der Waals surface area contributed by atoms with Gasteiger partial charge in [-0.25, -0.2) is 0 Å². The van der Waals surface area contributed by atoms with Crippen molar-refractivity contribution in [2.24, 2.45) is 7.05 Å². The van der Waals surface area contributed by atoms with E-state index in [0.29, 0.717) is 14.8 Å². The number of hydrogen-bond acceptors (Lipinski definition) is 6. The van der Waals surface area contributed by atoms with Crippen molar-refractivity contribution < 1.29 is 27.5 Å². The number of carbonyl (C=O) groups excluding carboxylic acids is 2. The van der Waals surface area contributed by atoms with Crippen LogP contribution in [0.15, 0.2) is 12.3 Å². The molecule has 0 bridgehead atoms. The van der Waals surface area contributed by atoms with Crippen molar-refractivity contribution >= 4 is 34.6 Å². The molecule has 0 aliphatic carbocycles. The Morgan fingerprint density at radius 2 is 2.14 bits per heavy atom. The molecule has 0 saturated carbocycles. The SMILES string of the molecule is C[C@H]1C[C@@]2(C[C@@H](c3cn(C)nn3)N1C(=O)C(F)(F)F)OCC(=O)c1sc(Cl)cc12. The monoisotopic (exact) mass is 448 g/mol. The molecule has 1 saturated heterocycles. The highest BCUT2D eigenvalue weighted by atomic mass is 35.5. The van der Waals surface area contributed by atoms with Gasteiger partial charge in [-0.15, -0.1) is 16.4 Å². The number of nitrogens with zero attached hydrogens (tertiary/aromatic N) is 4. The van der Waals surface area contributed by atoms with E-state index < -0.39 is 29.8 Å². The maximum atomic E-state index is 13.3. The molecule has 2 aromatic rings. The smallest absolute Gasteiger partial charge is 0.362 e. The molecule has 2 aliphatic rings. The summed E-state index contributed by atoms with van der Waals surface area (Å²) in [6, 6.07) is -0.230. The maximum Gasteiger partial charge on any atom is 0.471 e. The highest BCUT2D eigenvalue weighted by Crippen LogP contribution is 2.52. The molecule has 0 radical (unpaired) electrons. The zero-order valence-electron chi connectivity index (χ0n) is 15.4. The van der Waals surface area contributed by atoms with Gasteiger partial charge in [-0.2, -0.15) is 13.2 Å². The summed E-state index contributed by atoms with van der Waals surface area (Å²) >= 11 is 7.25. The van der Waals surface area contributed by atoms with E-state index in [0.717, 1.165) is 16.2 Å². The molecule has 4 rings (SSSR count). The summed E-state index contributed by atoms with van der Waals surface area (Å²) in [5, 5.41) is 7.75. The van der Waals surface area contributed by atoms with Gasteiger partial charge in [0.2, 0.25) is 0 Å². The fourth-order valence-electron chi connectivity index (χ4n) is 4.22. The quantitative estimate of drug-likeness (QED) is 0.669. The fraction of sp³-hybridized carbons (Fsp3) is 0.529. The van der Waals surface area contributed by atoms with Crippen LogP contribution in [0, 0.1) is 0 Å². The van der Waals surface area contributed by atoms with Crippen molar-refractivity contribution in [1.29, 1.82) is 0 Å². The Morgan fingerprint density at radius 1 is 1.41 bits per heavy atom. The molecule has 0 unspecified atom stereocenters. The Morgan fingerprint density at radius 3 is 2.76 bits per heavy atom. The van der Waals surface area contributed by atoms with Crippen molar-refractivity contribution in [2.45, 2.75) is 43.6 Å². The molecule has 156 valence electrons. The first-order chi connectivity index (χ1) is 13.5. The first-order valence-corrected chi connectivity index (χ1v) is 9.94. The number of thiophene rings is 1. The molecule has 4 heterocycles. The van der Waals surface area contributed by atoms with Crippen LogP contribution in [0.5, 0.6) is 0 Å². The van der Waals surface area contributed by atoms with E-state index in [2.05, 4.69) is 10.3 Å². The van der Waals surface area contributed by atoms with Crippen molar-refractivity contribution in [1.82, 2.24) is 19.9 Å². The highest BCUT2D eigenvalue weighted by molar-refractivity contribution is 7.18. The second-order valence-electron chi connectivity index (χ2n) is 7.30. The molecule has 0 aromatic carbocycles. The lowest BCUT2D eigenvalue weighted by molar-refractivity contribution is -0.200. The zero-order chi connectivity index (χ0) is 21.1. The number of carbonyl (C=O) groups is 2. The molecule has 1 amide bonds. The number of fused-ring (bicyclic) bond motifs is 2. The number of hydrogen-bond donors (Lipinski definition) is 0. The van der Waals surface area contributed by atoms with Gasteiger partial charge in [0.1, 0.15) is 12.3 Å². The summed E-state index contributed by atoms with van der Waals surface area (Å²) in [6.07, 6.45) is -3.45. The topological polar surface area (TPSA) is 77.3 Å². The fourth-order valence-corrected chi connectivity index (χ4v) is 5.46. The molecule has 12 heteroatoms. The number of likely N-dealkylation sites (tertiary alicyclic amines) is 1. The molecular formula is C17H16ClF3N4O3S. The zero-order valence-corrected chi connectivity index (χ0v) is 16.9. The number of ketones is 1. The minimum atomic E-state index is -5.03. The first-order valence-electron chi connectivity index (χ1n) is 8.74. The van der Waals surface area contributed by atoms with E-state index in [1.165, 1.54) is 17.8 Å². The average molecular weight is 449 g/mol. The largest absolute Gasteiger partial charge is 0.471 e. The number of alkyl halides is 3. The lowest BCUT2D eigenvalue weighted by Crippen LogP contribution is -2.57. The van der Waals surface area contributed by atoms with Crippen molar-refractivity contribution in [3.8, 4) is 0 Å². The molecule has 7 nitrogen and oxygen atoms in total. The third-order valence-corrected chi connectivity index (χ3v) is 6.63. The van der Waals surface area contributed by atoms with Gasteiger partial charge < -0.3 is 9.64 Å². The maximum absolute atomic E-state index is 13.3. The third-order valence-electron chi connectivity index (χ3n) is 5.32. The van der Waals surface area contributed by atoms with Gasteiger partial charge in [-0.1, -0.05) is 16.8 Å². The van der Waals surface area contributed by atoms with Crippen LogP contribution >= 0.6 is 22.9 Å². The minimum absolute atomic E-state index is 0.00515. The summed E-state index contributed by atoms with van der Waals surface area (Å²) in [5.41, 5.74) is -0.264. The van der Waals surface area contributed by atoms with Crippen LogP contribution in [-0.2, 0) is 22.2 Å². The number of halogens is 4. The van der Waals surface area contributed by atoms with Gasteiger partial charge in [-0.05, 0) is 13.0 Å². The standard InChI is InChI=1S/C17H16ClF3N4O3S/c1-8-4-16(9-3-13(18)29-14(9)12(26)7-28-16)5-11(10-6-24(2)23-22-10)25(8)15(27)17(19,20)21/h3,6,8,11H,4-5,7H2,1-2H3/t8-,11-,16-/m0/s1. The van der Waals surface area contributed by atoms with E-state index in [1.54, 1.807) is 13.1 Å². The van der Waals surface area contributed by atoms with Gasteiger partial charge in [0.15, 0.2) is 5.78 Å². The van der Waals surface area contributed by atoms with E-state index in [9.17, 15) is 22.8 Å². The Balaban J connectivity index is 1.82. The van der Waals surface area contributed by atoms with E-state index in [-0.39, 0.29) is 30.9 Å². The number of piperidine rings is 1. The Labute approximate surface area is 172 Å². The molecule has 3 atom stereocenters. The van der Waals surface area contributed by atoms with Gasteiger partial charge in [0.05, 0.1) is 27.1 Å². The van der Waals surface area contributed by atoms with E-state index in [1.807, 2.05) is 0 Å². The lowest BCUT2D eigenvalue weighted by Gasteiger charge is -2.50. The Bertz CT molecular complexity index is 991. The molecular weight excluding hydrogens is 433 g/mol. The van der Waals surface area contributed by atoms with Crippen molar-refractivity contribution in [3.05, 3.63) is 32.7 Å². The van der Waals surface area contributed by atoms with Gasteiger partial charge in [0.25, 0.3) is 0 Å². The van der Waals surface area contributed by atoms with Gasteiger partial charge >= 0.3 is 12.1 Å². The summed E-state index contributed by atoms with van der Waals surface area (Å²) in [4.78, 5) is 25.7. The summed E-state index contributed by atoms with van der Waals surface area (Å²) in [7, 11) is 1.58. The molecule has 29 heavy (non-hydrogen) atoms. The molecule has 0 N–H and O–H groups in total. The van der Waals surface area contributed by atoms with Gasteiger partial charge in [0, 0.05) is 31.5 Å². The van der Waals surface area contributed by atoms with Crippen LogP contribution in [0.2, 0.25) is 4.34 Å². The van der Waals surface area contributed by atoms with E-state index in [4.69, 9.17) is 16.3 Å². The number of ether oxygens (including phenoxy) is 1. The second-order valence-corrected chi connectivity index (χ2v) is 8.98. The highest BCUT2D eigenvalue weighted by Gasteiger charge is 2.55. The summed E-state index contributed by atoms with van der Waals surface area (Å²) in [6.45, 7) is 1.33. The third kappa shape index (κ3) is 3.34. The summed E-state index contributed by atoms with van der Waals surface area (Å²) in [5.74, 6) is -2.16. The Kier molecular flexibility index (Phi) is 4.74. The molecule has 2 aliphatic heterocycles. The molecule has 2 aromatic heterocycles. The summed E-state index contributed by atoms with van der Waals surface area (Å²) < 4.78 is 47.6. The number of aromatic nitrogens is 3. The van der Waals surface area contributed by atoms with E-state index >= 15 is 0 Å². The number of amides is 1. The van der Waals surface area contributed by atoms with Crippen molar-refractivity contribution in [2.75, 3.05) is 6.61 Å². The predicted octanol–water partition coefficient (Wildman–Crippen LogP) is 3.25. The van der Waals surface area contributed by atoms with Gasteiger partial charge in [-0.3, -0.25) is 14.3 Å². The van der Waals surface area contributed by atoms with Crippen LogP contribution in [-0.4, -0.2) is 50.4 Å². The minimum Gasteiger partial charge on any atom is -0.362 e. The number of aryl methyl sites for hydroxylation is 1. The van der Waals surface area contributed by atoms with Crippen LogP contribution in [0.3, 0.4) is 0 Å². The first kappa shape index (κ1) is 20.3. The predicted molar refractivity (Wildman–Crippen MR) is 96.6 cm³/mol. The molecule has 1 fully saturated rings. The normalized spacial score (nSPS) is 27.4. The Hall–Kier alpha value is -1.98. The van der Waals surface area contributed by atoms with Crippen LogP contribution in [0.25, 0.3) is 0 Å².